The highest BCUT2D eigenvalue weighted by molar-refractivity contribution is 6.36. The number of aromatic nitrogens is 4. The van der Waals surface area contributed by atoms with Crippen molar-refractivity contribution in [2.45, 2.75) is 6.92 Å². The van der Waals surface area contributed by atoms with E-state index in [1.165, 1.54) is 0 Å². The van der Waals surface area contributed by atoms with Crippen molar-refractivity contribution in [1.82, 2.24) is 19.6 Å². The van der Waals surface area contributed by atoms with E-state index in [9.17, 15) is 0 Å². The lowest BCUT2D eigenvalue weighted by atomic mass is 10.2. The minimum Gasteiger partial charge on any atom is -0.234 e. The van der Waals surface area contributed by atoms with Gasteiger partial charge >= 0.3 is 0 Å². The third kappa shape index (κ3) is 2.17. The van der Waals surface area contributed by atoms with E-state index in [0.717, 1.165) is 17.1 Å². The summed E-state index contributed by atoms with van der Waals surface area (Å²) < 4.78 is 1.67. The number of hydrogen-bond acceptors (Lipinski definition) is 3. The van der Waals surface area contributed by atoms with Crippen molar-refractivity contribution >= 4 is 34.9 Å². The molecule has 0 saturated carbocycles. The lowest BCUT2D eigenvalue weighted by Gasteiger charge is -1.99. The first-order valence-corrected chi connectivity index (χ1v) is 6.66. The smallest absolute Gasteiger partial charge is 0.183 e. The van der Waals surface area contributed by atoms with Gasteiger partial charge in [0.15, 0.2) is 11.5 Å². The molecule has 0 saturated heterocycles. The molecule has 0 aliphatic carbocycles. The Morgan fingerprint density at radius 2 is 2.00 bits per heavy atom. The molecule has 0 aliphatic heterocycles. The first-order chi connectivity index (χ1) is 9.58. The number of benzene rings is 1. The summed E-state index contributed by atoms with van der Waals surface area (Å²) in [7, 11) is 0. The van der Waals surface area contributed by atoms with Crippen molar-refractivity contribution in [2.75, 3.05) is 0 Å². The highest BCUT2D eigenvalue weighted by atomic mass is 35.5. The number of fused-ring (bicyclic) bond motifs is 1. The summed E-state index contributed by atoms with van der Waals surface area (Å²) in [5.74, 6) is 1.28. The summed E-state index contributed by atoms with van der Waals surface area (Å²) in [5, 5.41) is 5.52. The zero-order valence-electron chi connectivity index (χ0n) is 10.6. The summed E-state index contributed by atoms with van der Waals surface area (Å²) in [5.41, 5.74) is 2.20. The van der Waals surface area contributed by atoms with Gasteiger partial charge in [0.1, 0.15) is 5.82 Å². The summed E-state index contributed by atoms with van der Waals surface area (Å²) in [6, 6.07) is 7.05. The third-order valence-electron chi connectivity index (χ3n) is 2.89. The molecule has 0 N–H and O–H groups in total. The molecule has 2 heterocycles. The number of halogens is 2. The van der Waals surface area contributed by atoms with E-state index in [2.05, 4.69) is 21.6 Å². The van der Waals surface area contributed by atoms with Crippen LogP contribution >= 0.6 is 23.2 Å². The lowest BCUT2D eigenvalue weighted by Crippen LogP contribution is -1.98. The third-order valence-corrected chi connectivity index (χ3v) is 3.44. The molecular weight excluding hydrogens is 295 g/mol. The highest BCUT2D eigenvalue weighted by Crippen LogP contribution is 2.28. The quantitative estimate of drug-likeness (QED) is 0.717. The molecule has 0 atom stereocenters. The molecule has 0 radical (unpaired) electrons. The normalized spacial score (nSPS) is 10.9. The van der Waals surface area contributed by atoms with Crippen molar-refractivity contribution in [1.29, 1.82) is 0 Å². The summed E-state index contributed by atoms with van der Waals surface area (Å²) >= 11 is 12.1. The molecular formula is C14H10Cl2N4. The summed E-state index contributed by atoms with van der Waals surface area (Å²) in [6.45, 7) is 5.57. The standard InChI is InChI=1S/C14H10Cl2N4/c1-3-10-7-13-18-14(19-20(13)8(2)17-10)11-5-4-9(15)6-12(11)16/h3-7H,1H2,2H3. The molecule has 6 heteroatoms. The van der Waals surface area contributed by atoms with Crippen molar-refractivity contribution in [3.05, 3.63) is 52.4 Å². The number of aryl methyl sites for hydroxylation is 1. The molecule has 0 unspecified atom stereocenters. The van der Waals surface area contributed by atoms with Gasteiger partial charge in [-0.2, -0.15) is 4.52 Å². The Balaban J connectivity index is 2.22. The van der Waals surface area contributed by atoms with Gasteiger partial charge < -0.3 is 0 Å². The van der Waals surface area contributed by atoms with Crippen LogP contribution in [0.25, 0.3) is 23.1 Å². The minimum absolute atomic E-state index is 0.517. The summed E-state index contributed by atoms with van der Waals surface area (Å²) in [6.07, 6.45) is 1.68. The van der Waals surface area contributed by atoms with Crippen molar-refractivity contribution in [3.63, 3.8) is 0 Å². The van der Waals surface area contributed by atoms with Gasteiger partial charge in [-0.3, -0.25) is 0 Å². The van der Waals surface area contributed by atoms with Gasteiger partial charge in [-0.25, -0.2) is 9.97 Å². The number of nitrogens with zero attached hydrogens (tertiary/aromatic N) is 4. The van der Waals surface area contributed by atoms with E-state index in [0.29, 0.717) is 21.5 Å². The Labute approximate surface area is 125 Å². The van der Waals surface area contributed by atoms with Crippen LogP contribution in [0.3, 0.4) is 0 Å². The monoisotopic (exact) mass is 304 g/mol. The maximum Gasteiger partial charge on any atom is 0.183 e. The van der Waals surface area contributed by atoms with Crippen LogP contribution in [0.4, 0.5) is 0 Å². The molecule has 0 fully saturated rings. The minimum atomic E-state index is 0.517. The van der Waals surface area contributed by atoms with Gasteiger partial charge in [-0.15, -0.1) is 5.10 Å². The summed E-state index contributed by atoms with van der Waals surface area (Å²) in [4.78, 5) is 8.83. The van der Waals surface area contributed by atoms with Crippen LogP contribution in [0.5, 0.6) is 0 Å². The van der Waals surface area contributed by atoms with Crippen molar-refractivity contribution < 1.29 is 0 Å². The predicted octanol–water partition coefficient (Wildman–Crippen LogP) is 4.05. The molecule has 0 amide bonds. The van der Waals surface area contributed by atoms with Crippen LogP contribution in [-0.4, -0.2) is 19.6 Å². The highest BCUT2D eigenvalue weighted by Gasteiger charge is 2.12. The molecule has 3 rings (SSSR count). The first-order valence-electron chi connectivity index (χ1n) is 5.91. The fourth-order valence-electron chi connectivity index (χ4n) is 1.94. The van der Waals surface area contributed by atoms with Crippen LogP contribution in [0.2, 0.25) is 10.0 Å². The van der Waals surface area contributed by atoms with Gasteiger partial charge in [0.05, 0.1) is 10.7 Å². The fourth-order valence-corrected chi connectivity index (χ4v) is 2.44. The van der Waals surface area contributed by atoms with E-state index in [-0.39, 0.29) is 0 Å². The Morgan fingerprint density at radius 1 is 1.20 bits per heavy atom. The Hall–Kier alpha value is -1.91. The van der Waals surface area contributed by atoms with Crippen molar-refractivity contribution in [2.24, 2.45) is 0 Å². The Kier molecular flexibility index (Phi) is 3.20. The fraction of sp³-hybridized carbons (Fsp3) is 0.0714. The second-order valence-electron chi connectivity index (χ2n) is 4.26. The van der Waals surface area contributed by atoms with E-state index < -0.39 is 0 Å². The van der Waals surface area contributed by atoms with Crippen LogP contribution in [-0.2, 0) is 0 Å². The van der Waals surface area contributed by atoms with Crippen LogP contribution in [0.15, 0.2) is 30.8 Å². The van der Waals surface area contributed by atoms with E-state index in [1.54, 1.807) is 28.8 Å². The SMILES string of the molecule is C=Cc1cc2nc(-c3ccc(Cl)cc3Cl)nn2c(C)n1. The van der Waals surface area contributed by atoms with E-state index >= 15 is 0 Å². The van der Waals surface area contributed by atoms with Gasteiger partial charge in [0.2, 0.25) is 0 Å². The molecule has 1 aromatic carbocycles. The van der Waals surface area contributed by atoms with E-state index in [4.69, 9.17) is 23.2 Å². The first kappa shape index (κ1) is 13.1. The van der Waals surface area contributed by atoms with Crippen LogP contribution < -0.4 is 0 Å². The molecule has 0 aliphatic rings. The molecule has 100 valence electrons. The van der Waals surface area contributed by atoms with Crippen LogP contribution in [0.1, 0.15) is 11.5 Å². The van der Waals surface area contributed by atoms with Crippen LogP contribution in [0, 0.1) is 6.92 Å². The molecule has 0 bridgehead atoms. The van der Waals surface area contributed by atoms with Gasteiger partial charge in [0, 0.05) is 16.7 Å². The molecule has 3 aromatic rings. The molecule has 4 nitrogen and oxygen atoms in total. The topological polar surface area (TPSA) is 43.1 Å². The zero-order chi connectivity index (χ0) is 14.3. The maximum atomic E-state index is 6.18. The van der Waals surface area contributed by atoms with Gasteiger partial charge in [-0.1, -0.05) is 29.8 Å². The zero-order valence-corrected chi connectivity index (χ0v) is 12.2. The average molecular weight is 305 g/mol. The second-order valence-corrected chi connectivity index (χ2v) is 5.11. The van der Waals surface area contributed by atoms with Gasteiger partial charge in [0.25, 0.3) is 0 Å². The van der Waals surface area contributed by atoms with Crippen molar-refractivity contribution in [3.8, 4) is 11.4 Å². The molecule has 0 spiro atoms. The number of rotatable bonds is 2. The second kappa shape index (κ2) is 4.89. The Morgan fingerprint density at radius 3 is 2.70 bits per heavy atom. The lowest BCUT2D eigenvalue weighted by molar-refractivity contribution is 0.863. The van der Waals surface area contributed by atoms with Gasteiger partial charge in [-0.05, 0) is 31.2 Å². The molecule has 2 aromatic heterocycles. The molecule has 20 heavy (non-hydrogen) atoms. The van der Waals surface area contributed by atoms with E-state index in [1.807, 2.05) is 13.0 Å². The largest absolute Gasteiger partial charge is 0.234 e. The maximum absolute atomic E-state index is 6.18. The average Bonchev–Trinajstić information content (AvgIpc) is 2.82. The predicted molar refractivity (Wildman–Crippen MR) is 81.1 cm³/mol. The Bertz CT molecular complexity index is 823. The number of hydrogen-bond donors (Lipinski definition) is 0.